The van der Waals surface area contributed by atoms with Crippen molar-refractivity contribution in [1.82, 2.24) is 4.31 Å². The number of nitrogens with zero attached hydrogens (tertiary/aromatic N) is 1. The van der Waals surface area contributed by atoms with Gasteiger partial charge in [-0.3, -0.25) is 0 Å². The normalized spacial score (nSPS) is 11.9. The molecule has 0 bridgehead atoms. The summed E-state index contributed by atoms with van der Waals surface area (Å²) in [6.07, 6.45) is 2.12. The fraction of sp³-hybridized carbons (Fsp3) is 0.500. The Morgan fingerprint density at radius 1 is 1.26 bits per heavy atom. The lowest BCUT2D eigenvalue weighted by molar-refractivity contribution is 0.281. The van der Waals surface area contributed by atoms with Crippen LogP contribution in [-0.4, -0.2) is 43.1 Å². The lowest BCUT2D eigenvalue weighted by Crippen LogP contribution is -2.28. The van der Waals surface area contributed by atoms with Crippen molar-refractivity contribution in [1.29, 1.82) is 0 Å². The van der Waals surface area contributed by atoms with Gasteiger partial charge in [0.15, 0.2) is 0 Å². The Morgan fingerprint density at radius 3 is 2.53 bits per heavy atom. The molecule has 108 valence electrons. The molecule has 0 aromatic heterocycles. The van der Waals surface area contributed by atoms with E-state index >= 15 is 0 Å². The molecule has 0 saturated carbocycles. The summed E-state index contributed by atoms with van der Waals surface area (Å²) in [4.78, 5) is 0.0625. The lowest BCUT2D eigenvalue weighted by Gasteiger charge is -2.17. The number of aliphatic hydroxyl groups is 1. The molecular formula is C12H20N2O4S. The largest absolute Gasteiger partial charge is 0.506 e. The van der Waals surface area contributed by atoms with Crippen LogP contribution in [0.3, 0.4) is 0 Å². The number of nitrogen functional groups attached to an aromatic ring is 1. The Kier molecular flexibility index (Phi) is 5.59. The molecule has 0 aliphatic heterocycles. The van der Waals surface area contributed by atoms with E-state index in [1.54, 1.807) is 0 Å². The number of unbranched alkanes of at least 4 members (excludes halogenated alkanes) is 2. The van der Waals surface area contributed by atoms with Crippen molar-refractivity contribution in [3.05, 3.63) is 18.2 Å². The van der Waals surface area contributed by atoms with Gasteiger partial charge in [-0.05, 0) is 37.5 Å². The van der Waals surface area contributed by atoms with Crippen molar-refractivity contribution in [3.63, 3.8) is 0 Å². The summed E-state index contributed by atoms with van der Waals surface area (Å²) in [5, 5.41) is 17.9. The summed E-state index contributed by atoms with van der Waals surface area (Å²) in [5.41, 5.74) is 5.53. The second kappa shape index (κ2) is 6.74. The molecule has 0 amide bonds. The first-order valence-electron chi connectivity index (χ1n) is 6.05. The molecule has 6 nitrogen and oxygen atoms in total. The minimum absolute atomic E-state index is 0.0368. The molecule has 0 aliphatic rings. The summed E-state index contributed by atoms with van der Waals surface area (Å²) in [6, 6.07) is 3.84. The molecule has 0 unspecified atom stereocenters. The molecule has 1 aromatic rings. The maximum atomic E-state index is 12.2. The van der Waals surface area contributed by atoms with Crippen molar-refractivity contribution >= 4 is 15.7 Å². The van der Waals surface area contributed by atoms with Crippen molar-refractivity contribution < 1.29 is 18.6 Å². The highest BCUT2D eigenvalue weighted by Gasteiger charge is 2.20. The van der Waals surface area contributed by atoms with E-state index in [0.29, 0.717) is 19.4 Å². The number of anilines is 1. The standard InChI is InChI=1S/C12H20N2O4S/c1-14(7-3-2-4-8-15)19(17,18)10-5-6-12(16)11(13)9-10/h5-6,9,15-16H,2-4,7-8,13H2,1H3. The summed E-state index contributed by atoms with van der Waals surface area (Å²) < 4.78 is 25.6. The van der Waals surface area contributed by atoms with Crippen LogP contribution in [0.1, 0.15) is 19.3 Å². The van der Waals surface area contributed by atoms with E-state index in [4.69, 9.17) is 10.8 Å². The zero-order chi connectivity index (χ0) is 14.5. The lowest BCUT2D eigenvalue weighted by atomic mass is 10.2. The van der Waals surface area contributed by atoms with Crippen LogP contribution in [0.15, 0.2) is 23.1 Å². The molecular weight excluding hydrogens is 268 g/mol. The Morgan fingerprint density at radius 2 is 1.95 bits per heavy atom. The highest BCUT2D eigenvalue weighted by Crippen LogP contribution is 2.24. The molecule has 0 fully saturated rings. The first-order chi connectivity index (χ1) is 8.89. The Hall–Kier alpha value is -1.31. The fourth-order valence-corrected chi connectivity index (χ4v) is 2.86. The second-order valence-electron chi connectivity index (χ2n) is 4.33. The molecule has 0 spiro atoms. The van der Waals surface area contributed by atoms with Crippen molar-refractivity contribution in [2.75, 3.05) is 25.9 Å². The molecule has 19 heavy (non-hydrogen) atoms. The van der Waals surface area contributed by atoms with Gasteiger partial charge in [0.2, 0.25) is 10.0 Å². The Bertz CT molecular complexity index is 516. The smallest absolute Gasteiger partial charge is 0.242 e. The quantitative estimate of drug-likeness (QED) is 0.390. The van der Waals surface area contributed by atoms with Gasteiger partial charge in [-0.2, -0.15) is 0 Å². The summed E-state index contributed by atoms with van der Waals surface area (Å²) >= 11 is 0. The zero-order valence-electron chi connectivity index (χ0n) is 10.9. The van der Waals surface area contributed by atoms with Crippen LogP contribution >= 0.6 is 0 Å². The van der Waals surface area contributed by atoms with Gasteiger partial charge in [0.1, 0.15) is 5.75 Å². The third kappa shape index (κ3) is 4.09. The highest BCUT2D eigenvalue weighted by atomic mass is 32.2. The molecule has 7 heteroatoms. The van der Waals surface area contributed by atoms with Gasteiger partial charge in [0.25, 0.3) is 0 Å². The Balaban J connectivity index is 2.76. The predicted molar refractivity (Wildman–Crippen MR) is 73.3 cm³/mol. The number of aromatic hydroxyl groups is 1. The van der Waals surface area contributed by atoms with Gasteiger partial charge in [-0.1, -0.05) is 0 Å². The first kappa shape index (κ1) is 15.7. The van der Waals surface area contributed by atoms with Crippen LogP contribution in [0.5, 0.6) is 5.75 Å². The number of rotatable bonds is 7. The topological polar surface area (TPSA) is 104 Å². The number of phenols is 1. The average Bonchev–Trinajstić information content (AvgIpc) is 2.37. The van der Waals surface area contributed by atoms with Crippen molar-refractivity contribution in [2.45, 2.75) is 24.2 Å². The number of benzene rings is 1. The maximum absolute atomic E-state index is 12.2. The molecule has 1 aromatic carbocycles. The summed E-state index contributed by atoms with van der Waals surface area (Å²) in [7, 11) is -2.09. The molecule has 0 radical (unpaired) electrons. The molecule has 0 atom stereocenters. The fourth-order valence-electron chi connectivity index (χ4n) is 1.62. The highest BCUT2D eigenvalue weighted by molar-refractivity contribution is 7.89. The molecule has 0 aliphatic carbocycles. The number of aliphatic hydroxyl groups excluding tert-OH is 1. The van der Waals surface area contributed by atoms with E-state index in [9.17, 15) is 13.5 Å². The molecule has 1 rings (SSSR count). The van der Waals surface area contributed by atoms with E-state index in [-0.39, 0.29) is 22.9 Å². The van der Waals surface area contributed by atoms with Gasteiger partial charge in [-0.25, -0.2) is 12.7 Å². The van der Waals surface area contributed by atoms with Gasteiger partial charge in [-0.15, -0.1) is 0 Å². The van der Waals surface area contributed by atoms with E-state index in [1.807, 2.05) is 0 Å². The van der Waals surface area contributed by atoms with E-state index in [1.165, 1.54) is 29.6 Å². The summed E-state index contributed by atoms with van der Waals surface area (Å²) in [5.74, 6) is -0.135. The molecule has 0 saturated heterocycles. The third-order valence-corrected chi connectivity index (χ3v) is 4.69. The van der Waals surface area contributed by atoms with Crippen LogP contribution in [0.25, 0.3) is 0 Å². The van der Waals surface area contributed by atoms with Crippen LogP contribution in [0, 0.1) is 0 Å². The number of nitrogens with two attached hydrogens (primary N) is 1. The monoisotopic (exact) mass is 288 g/mol. The van der Waals surface area contributed by atoms with Gasteiger partial charge in [0, 0.05) is 20.2 Å². The minimum atomic E-state index is -3.59. The van der Waals surface area contributed by atoms with Gasteiger partial charge < -0.3 is 15.9 Å². The van der Waals surface area contributed by atoms with Crippen molar-refractivity contribution in [3.8, 4) is 5.75 Å². The Labute approximate surface area is 113 Å². The first-order valence-corrected chi connectivity index (χ1v) is 7.49. The predicted octanol–water partition coefficient (Wildman–Crippen LogP) is 0.757. The van der Waals surface area contributed by atoms with E-state index in [0.717, 1.165) is 6.42 Å². The SMILES string of the molecule is CN(CCCCCO)S(=O)(=O)c1ccc(O)c(N)c1. The van der Waals surface area contributed by atoms with E-state index < -0.39 is 10.0 Å². The zero-order valence-corrected chi connectivity index (χ0v) is 11.7. The van der Waals surface area contributed by atoms with Crippen LogP contribution in [-0.2, 0) is 10.0 Å². The second-order valence-corrected chi connectivity index (χ2v) is 6.38. The third-order valence-electron chi connectivity index (χ3n) is 2.84. The number of sulfonamides is 1. The van der Waals surface area contributed by atoms with Gasteiger partial charge in [0.05, 0.1) is 10.6 Å². The van der Waals surface area contributed by atoms with Gasteiger partial charge >= 0.3 is 0 Å². The minimum Gasteiger partial charge on any atom is -0.506 e. The number of phenolic OH excluding ortho intramolecular Hbond substituents is 1. The number of hydrogen-bond acceptors (Lipinski definition) is 5. The van der Waals surface area contributed by atoms with E-state index in [2.05, 4.69) is 0 Å². The summed E-state index contributed by atoms with van der Waals surface area (Å²) in [6.45, 7) is 0.494. The van der Waals surface area contributed by atoms with Crippen LogP contribution < -0.4 is 5.73 Å². The maximum Gasteiger partial charge on any atom is 0.242 e. The molecule has 0 heterocycles. The number of hydrogen-bond donors (Lipinski definition) is 3. The van der Waals surface area contributed by atoms with Crippen molar-refractivity contribution in [2.24, 2.45) is 0 Å². The van der Waals surface area contributed by atoms with Crippen LogP contribution in [0.2, 0.25) is 0 Å². The molecule has 4 N–H and O–H groups in total. The average molecular weight is 288 g/mol. The van der Waals surface area contributed by atoms with Crippen LogP contribution in [0.4, 0.5) is 5.69 Å².